The van der Waals surface area contributed by atoms with E-state index in [1.165, 1.54) is 11.8 Å². The molecule has 0 unspecified atom stereocenters. The molecule has 0 bridgehead atoms. The number of nitrogens with one attached hydrogen (secondary N) is 1. The molecule has 0 fully saturated rings. The smallest absolute Gasteiger partial charge is 0.256 e. The number of aromatic amines is 1. The average molecular weight is 518 g/mol. The number of benzene rings is 3. The van der Waals surface area contributed by atoms with E-state index >= 15 is 0 Å². The van der Waals surface area contributed by atoms with Crippen molar-refractivity contribution in [2.24, 2.45) is 0 Å². The van der Waals surface area contributed by atoms with Crippen LogP contribution in [0.2, 0.25) is 0 Å². The van der Waals surface area contributed by atoms with E-state index < -0.39 is 0 Å². The van der Waals surface area contributed by atoms with Crippen LogP contribution in [0.15, 0.2) is 120 Å². The highest BCUT2D eigenvalue weighted by Gasteiger charge is 2.26. The van der Waals surface area contributed by atoms with Crippen LogP contribution in [0.25, 0.3) is 11.1 Å². The molecule has 1 N–H and O–H groups in total. The van der Waals surface area contributed by atoms with Gasteiger partial charge >= 0.3 is 0 Å². The Balaban J connectivity index is 1.34. The zero-order valence-corrected chi connectivity index (χ0v) is 21.6. The SMILES string of the molecule is O=C(c1cccnc1Sc1ccccc1)N1CCN(Cc2c[nH]cn2)c2ccc(-c3ccccc3)cc2C1. The lowest BCUT2D eigenvalue weighted by Crippen LogP contribution is -2.35. The Morgan fingerprint density at radius 2 is 1.68 bits per heavy atom. The number of fused-ring (bicyclic) bond motifs is 1. The monoisotopic (exact) mass is 517 g/mol. The van der Waals surface area contributed by atoms with Crippen LogP contribution >= 0.6 is 11.8 Å². The summed E-state index contributed by atoms with van der Waals surface area (Å²) in [4.78, 5) is 31.4. The Morgan fingerprint density at radius 3 is 2.47 bits per heavy atom. The predicted octanol–water partition coefficient (Wildman–Crippen LogP) is 6.29. The van der Waals surface area contributed by atoms with Gasteiger partial charge in [-0.15, -0.1) is 0 Å². The van der Waals surface area contributed by atoms with E-state index in [0.29, 0.717) is 31.7 Å². The van der Waals surface area contributed by atoms with Gasteiger partial charge in [0.1, 0.15) is 5.03 Å². The molecule has 3 aromatic carbocycles. The van der Waals surface area contributed by atoms with Gasteiger partial charge < -0.3 is 14.8 Å². The third-order valence-corrected chi connectivity index (χ3v) is 7.71. The van der Waals surface area contributed by atoms with Gasteiger partial charge in [0.05, 0.1) is 24.1 Å². The van der Waals surface area contributed by atoms with Gasteiger partial charge in [-0.25, -0.2) is 9.97 Å². The van der Waals surface area contributed by atoms with Gasteiger partial charge in [0.15, 0.2) is 0 Å². The van der Waals surface area contributed by atoms with Crippen molar-refractivity contribution in [1.29, 1.82) is 0 Å². The lowest BCUT2D eigenvalue weighted by atomic mass is 10.0. The fraction of sp³-hybridized carbons (Fsp3) is 0.129. The summed E-state index contributed by atoms with van der Waals surface area (Å²) in [6.07, 6.45) is 5.38. The van der Waals surface area contributed by atoms with E-state index in [1.807, 2.05) is 59.6 Å². The summed E-state index contributed by atoms with van der Waals surface area (Å²) in [5, 5.41) is 0.722. The molecule has 6 nitrogen and oxygen atoms in total. The van der Waals surface area contributed by atoms with Crippen LogP contribution in [0, 0.1) is 0 Å². The highest BCUT2D eigenvalue weighted by molar-refractivity contribution is 7.99. The van der Waals surface area contributed by atoms with Crippen LogP contribution in [0.3, 0.4) is 0 Å². The van der Waals surface area contributed by atoms with Crippen LogP contribution in [-0.2, 0) is 13.1 Å². The summed E-state index contributed by atoms with van der Waals surface area (Å²) in [6, 6.07) is 30.7. The molecule has 1 aliphatic rings. The van der Waals surface area contributed by atoms with Crippen molar-refractivity contribution in [2.45, 2.75) is 23.0 Å². The van der Waals surface area contributed by atoms with E-state index in [9.17, 15) is 4.79 Å². The Morgan fingerprint density at radius 1 is 0.868 bits per heavy atom. The van der Waals surface area contributed by atoms with Crippen LogP contribution in [0.4, 0.5) is 5.69 Å². The third-order valence-electron chi connectivity index (χ3n) is 6.68. The van der Waals surface area contributed by atoms with Crippen LogP contribution in [0.1, 0.15) is 21.6 Å². The summed E-state index contributed by atoms with van der Waals surface area (Å²) >= 11 is 1.52. The van der Waals surface area contributed by atoms with Crippen molar-refractivity contribution in [2.75, 3.05) is 18.0 Å². The van der Waals surface area contributed by atoms with E-state index in [4.69, 9.17) is 0 Å². The van der Waals surface area contributed by atoms with Crippen molar-refractivity contribution in [3.05, 3.63) is 127 Å². The molecule has 3 heterocycles. The summed E-state index contributed by atoms with van der Waals surface area (Å²) in [5.74, 6) is -0.00536. The number of anilines is 1. The third kappa shape index (κ3) is 5.19. The van der Waals surface area contributed by atoms with Gasteiger partial charge in [-0.1, -0.05) is 66.4 Å². The molecule has 0 saturated carbocycles. The van der Waals surface area contributed by atoms with E-state index in [0.717, 1.165) is 38.0 Å². The summed E-state index contributed by atoms with van der Waals surface area (Å²) in [6.45, 7) is 2.50. The normalized spacial score (nSPS) is 13.2. The number of rotatable bonds is 6. The molecule has 7 heteroatoms. The summed E-state index contributed by atoms with van der Waals surface area (Å²) in [7, 11) is 0. The number of imidazole rings is 1. The number of aromatic nitrogens is 3. The number of hydrogen-bond acceptors (Lipinski definition) is 5. The average Bonchev–Trinajstić information content (AvgIpc) is 3.42. The molecule has 5 aromatic rings. The molecule has 38 heavy (non-hydrogen) atoms. The lowest BCUT2D eigenvalue weighted by Gasteiger charge is -2.24. The summed E-state index contributed by atoms with van der Waals surface area (Å²) < 4.78 is 0. The minimum Gasteiger partial charge on any atom is -0.364 e. The Bertz CT molecular complexity index is 1520. The van der Waals surface area contributed by atoms with Gasteiger partial charge in [0.2, 0.25) is 0 Å². The van der Waals surface area contributed by atoms with Gasteiger partial charge in [0.25, 0.3) is 5.91 Å². The molecule has 0 radical (unpaired) electrons. The van der Waals surface area contributed by atoms with Gasteiger partial charge in [-0.2, -0.15) is 0 Å². The van der Waals surface area contributed by atoms with Gasteiger partial charge in [-0.3, -0.25) is 4.79 Å². The minimum atomic E-state index is -0.00536. The van der Waals surface area contributed by atoms with Crippen LogP contribution in [0.5, 0.6) is 0 Å². The minimum absolute atomic E-state index is 0.00536. The molecule has 0 spiro atoms. The standard InChI is InChI=1S/C31H27N5OS/c37-31(28-12-7-15-33-30(28)38-27-10-5-2-6-11-27)36-17-16-35(21-26-19-32-22-34-26)29-14-13-24(18-25(29)20-36)23-8-3-1-4-9-23/h1-15,18-19,22H,16-17,20-21H2,(H,32,34). The first kappa shape index (κ1) is 24.0. The van der Waals surface area contributed by atoms with E-state index in [2.05, 4.69) is 62.3 Å². The predicted molar refractivity (Wildman–Crippen MR) is 151 cm³/mol. The molecule has 6 rings (SSSR count). The van der Waals surface area contributed by atoms with E-state index in [1.54, 1.807) is 12.5 Å². The van der Waals surface area contributed by atoms with Crippen LogP contribution in [-0.4, -0.2) is 38.8 Å². The highest BCUT2D eigenvalue weighted by Crippen LogP contribution is 2.33. The van der Waals surface area contributed by atoms with Gasteiger partial charge in [0, 0.05) is 42.6 Å². The molecule has 188 valence electrons. The zero-order chi connectivity index (χ0) is 25.7. The summed E-state index contributed by atoms with van der Waals surface area (Å²) in [5.41, 5.74) is 6.15. The second-order valence-corrected chi connectivity index (χ2v) is 10.3. The number of H-pyrrole nitrogens is 1. The first-order chi connectivity index (χ1) is 18.7. The molecule has 0 atom stereocenters. The zero-order valence-electron chi connectivity index (χ0n) is 20.8. The molecule has 2 aromatic heterocycles. The number of carbonyl (C=O) groups excluding carboxylic acids is 1. The van der Waals surface area contributed by atoms with Crippen molar-refractivity contribution in [3.63, 3.8) is 0 Å². The van der Waals surface area contributed by atoms with Crippen molar-refractivity contribution < 1.29 is 4.79 Å². The van der Waals surface area contributed by atoms with Crippen molar-refractivity contribution >= 4 is 23.4 Å². The number of hydrogen-bond donors (Lipinski definition) is 1. The Labute approximate surface area is 226 Å². The molecule has 1 aliphatic heterocycles. The quantitative estimate of drug-likeness (QED) is 0.287. The second-order valence-electron chi connectivity index (χ2n) is 9.19. The second kappa shape index (κ2) is 10.9. The van der Waals surface area contributed by atoms with Crippen molar-refractivity contribution in [3.8, 4) is 11.1 Å². The molecule has 1 amide bonds. The number of amides is 1. The molecular formula is C31H27N5OS. The molecular weight excluding hydrogens is 490 g/mol. The topological polar surface area (TPSA) is 65.1 Å². The van der Waals surface area contributed by atoms with Gasteiger partial charge in [-0.05, 0) is 53.1 Å². The first-order valence-corrected chi connectivity index (χ1v) is 13.4. The largest absolute Gasteiger partial charge is 0.364 e. The maximum atomic E-state index is 14.0. The Hall–Kier alpha value is -4.36. The fourth-order valence-corrected chi connectivity index (χ4v) is 5.69. The number of carbonyl (C=O) groups is 1. The number of pyridine rings is 1. The fourth-order valence-electron chi connectivity index (χ4n) is 4.79. The maximum absolute atomic E-state index is 14.0. The first-order valence-electron chi connectivity index (χ1n) is 12.6. The molecule has 0 saturated heterocycles. The van der Waals surface area contributed by atoms with E-state index in [-0.39, 0.29) is 5.91 Å². The van der Waals surface area contributed by atoms with Crippen LogP contribution < -0.4 is 4.90 Å². The highest BCUT2D eigenvalue weighted by atomic mass is 32.2. The maximum Gasteiger partial charge on any atom is 0.256 e. The molecule has 0 aliphatic carbocycles. The lowest BCUT2D eigenvalue weighted by molar-refractivity contribution is 0.0747. The number of nitrogens with zero attached hydrogens (tertiary/aromatic N) is 4. The Kier molecular flexibility index (Phi) is 6.91. The van der Waals surface area contributed by atoms with Crippen molar-refractivity contribution in [1.82, 2.24) is 19.9 Å².